The van der Waals surface area contributed by atoms with E-state index < -0.39 is 8.56 Å². The smallest absolute Gasteiger partial charge is 0.334 e. The summed E-state index contributed by atoms with van der Waals surface area (Å²) >= 11 is 0. The summed E-state index contributed by atoms with van der Waals surface area (Å²) in [6.07, 6.45) is 3.55. The highest BCUT2D eigenvalue weighted by Crippen LogP contribution is 2.38. The summed E-state index contributed by atoms with van der Waals surface area (Å²) in [5.41, 5.74) is 0.378. The van der Waals surface area contributed by atoms with Gasteiger partial charge in [0.2, 0.25) is 0 Å². The van der Waals surface area contributed by atoms with Crippen LogP contribution >= 0.6 is 0 Å². The molecule has 0 spiro atoms. The van der Waals surface area contributed by atoms with Crippen LogP contribution in [0.3, 0.4) is 0 Å². The van der Waals surface area contributed by atoms with Gasteiger partial charge >= 0.3 is 8.56 Å². The molecule has 1 heterocycles. The van der Waals surface area contributed by atoms with E-state index >= 15 is 0 Å². The molecule has 126 valence electrons. The molecule has 0 amide bonds. The number of ether oxygens (including phenoxy) is 1. The van der Waals surface area contributed by atoms with Gasteiger partial charge in [0.1, 0.15) is 0 Å². The molecule has 1 fully saturated rings. The lowest BCUT2D eigenvalue weighted by Crippen LogP contribution is -2.60. The van der Waals surface area contributed by atoms with Gasteiger partial charge in [0, 0.05) is 31.9 Å². The highest BCUT2D eigenvalue weighted by molar-refractivity contribution is 6.65. The SMILES string of the molecule is CO[Si](C)(CCCOC1CC(C)(C)N(C)C(C)(C)C1)OC. The van der Waals surface area contributed by atoms with Gasteiger partial charge in [-0.2, -0.15) is 0 Å². The third-order valence-electron chi connectivity index (χ3n) is 5.26. The fourth-order valence-corrected chi connectivity index (χ4v) is 4.69. The van der Waals surface area contributed by atoms with Crippen molar-refractivity contribution in [2.75, 3.05) is 27.9 Å². The van der Waals surface area contributed by atoms with E-state index in [0.29, 0.717) is 6.10 Å². The van der Waals surface area contributed by atoms with Gasteiger partial charge in [0.15, 0.2) is 0 Å². The van der Waals surface area contributed by atoms with Crippen molar-refractivity contribution in [3.8, 4) is 0 Å². The molecule has 0 atom stereocenters. The lowest BCUT2D eigenvalue weighted by molar-refractivity contribution is -0.0913. The van der Waals surface area contributed by atoms with Gasteiger partial charge in [0.05, 0.1) is 6.10 Å². The van der Waals surface area contributed by atoms with Crippen molar-refractivity contribution in [1.29, 1.82) is 0 Å². The van der Waals surface area contributed by atoms with Crippen LogP contribution in [0.15, 0.2) is 0 Å². The van der Waals surface area contributed by atoms with Crippen LogP contribution in [0.2, 0.25) is 12.6 Å². The first kappa shape index (κ1) is 19.1. The van der Waals surface area contributed by atoms with Crippen molar-refractivity contribution in [2.45, 2.75) is 76.7 Å². The van der Waals surface area contributed by atoms with Crippen molar-refractivity contribution in [1.82, 2.24) is 4.90 Å². The summed E-state index contributed by atoms with van der Waals surface area (Å²) in [5.74, 6) is 0. The Balaban J connectivity index is 2.43. The second-order valence-electron chi connectivity index (χ2n) is 7.73. The Morgan fingerprint density at radius 2 is 1.52 bits per heavy atom. The van der Waals surface area contributed by atoms with Gasteiger partial charge in [-0.05, 0) is 66.6 Å². The van der Waals surface area contributed by atoms with Gasteiger partial charge in [-0.25, -0.2) is 0 Å². The van der Waals surface area contributed by atoms with Gasteiger partial charge in [-0.3, -0.25) is 4.90 Å². The Hall–Kier alpha value is 0.0569. The Morgan fingerprint density at radius 1 is 1.05 bits per heavy atom. The zero-order valence-corrected chi connectivity index (χ0v) is 16.3. The van der Waals surface area contributed by atoms with E-state index in [1.807, 2.05) is 0 Å². The Bertz CT molecular complexity index is 311. The zero-order valence-electron chi connectivity index (χ0n) is 15.3. The molecular weight excluding hydrogens is 282 g/mol. The van der Waals surface area contributed by atoms with Gasteiger partial charge in [-0.15, -0.1) is 0 Å². The van der Waals surface area contributed by atoms with E-state index in [1.165, 1.54) is 0 Å². The minimum absolute atomic E-state index is 0.189. The lowest BCUT2D eigenvalue weighted by atomic mass is 9.79. The van der Waals surface area contributed by atoms with Crippen LogP contribution in [0.1, 0.15) is 47.0 Å². The third-order valence-corrected chi connectivity index (χ3v) is 8.25. The van der Waals surface area contributed by atoms with Gasteiger partial charge < -0.3 is 13.6 Å². The fourth-order valence-electron chi connectivity index (χ4n) is 3.33. The highest BCUT2D eigenvalue weighted by Gasteiger charge is 2.43. The topological polar surface area (TPSA) is 30.9 Å². The second-order valence-corrected chi connectivity index (χ2v) is 11.3. The molecule has 0 aliphatic carbocycles. The number of hydrogen-bond donors (Lipinski definition) is 0. The quantitative estimate of drug-likeness (QED) is 0.532. The summed E-state index contributed by atoms with van der Waals surface area (Å²) < 4.78 is 17.2. The van der Waals surface area contributed by atoms with Crippen LogP contribution in [-0.4, -0.2) is 58.5 Å². The van der Waals surface area contributed by atoms with Crippen LogP contribution in [-0.2, 0) is 13.6 Å². The van der Waals surface area contributed by atoms with Gasteiger partial charge in [0.25, 0.3) is 0 Å². The third kappa shape index (κ3) is 5.03. The van der Waals surface area contributed by atoms with Crippen molar-refractivity contribution < 1.29 is 13.6 Å². The summed E-state index contributed by atoms with van der Waals surface area (Å²) in [6.45, 7) is 12.1. The maximum atomic E-state index is 6.17. The molecule has 0 unspecified atom stereocenters. The summed E-state index contributed by atoms with van der Waals surface area (Å²) in [5, 5.41) is 0. The van der Waals surface area contributed by atoms with Crippen LogP contribution in [0.5, 0.6) is 0 Å². The summed E-state index contributed by atoms with van der Waals surface area (Å²) in [4.78, 5) is 2.49. The maximum absolute atomic E-state index is 6.17. The number of rotatable bonds is 7. The maximum Gasteiger partial charge on any atom is 0.334 e. The van der Waals surface area contributed by atoms with E-state index in [4.69, 9.17) is 13.6 Å². The van der Waals surface area contributed by atoms with Crippen LogP contribution in [0.4, 0.5) is 0 Å². The van der Waals surface area contributed by atoms with Crippen molar-refractivity contribution in [3.05, 3.63) is 0 Å². The summed E-state index contributed by atoms with van der Waals surface area (Å²) in [6, 6.07) is 0.986. The molecule has 0 aromatic carbocycles. The summed E-state index contributed by atoms with van der Waals surface area (Å²) in [7, 11) is 3.78. The van der Waals surface area contributed by atoms with E-state index in [1.54, 1.807) is 14.2 Å². The fraction of sp³-hybridized carbons (Fsp3) is 1.00. The molecule has 1 aliphatic heterocycles. The Morgan fingerprint density at radius 3 is 1.95 bits per heavy atom. The van der Waals surface area contributed by atoms with E-state index in [0.717, 1.165) is 31.9 Å². The monoisotopic (exact) mass is 317 g/mol. The van der Waals surface area contributed by atoms with Crippen LogP contribution < -0.4 is 0 Å². The van der Waals surface area contributed by atoms with Crippen molar-refractivity contribution >= 4 is 8.56 Å². The molecule has 0 radical (unpaired) electrons. The predicted octanol–water partition coefficient (Wildman–Crippen LogP) is 3.41. The minimum Gasteiger partial charge on any atom is -0.398 e. The minimum atomic E-state index is -1.94. The Kier molecular flexibility index (Phi) is 6.45. The molecule has 0 saturated carbocycles. The van der Waals surface area contributed by atoms with E-state index in [-0.39, 0.29) is 11.1 Å². The van der Waals surface area contributed by atoms with Crippen molar-refractivity contribution in [2.24, 2.45) is 0 Å². The molecule has 5 heteroatoms. The molecule has 4 nitrogen and oxygen atoms in total. The first-order chi connectivity index (χ1) is 9.56. The molecule has 0 aromatic heterocycles. The molecule has 1 aliphatic rings. The largest absolute Gasteiger partial charge is 0.398 e. The molecule has 0 bridgehead atoms. The van der Waals surface area contributed by atoms with E-state index in [9.17, 15) is 0 Å². The molecule has 1 rings (SSSR count). The number of nitrogens with zero attached hydrogens (tertiary/aromatic N) is 1. The first-order valence-corrected chi connectivity index (χ1v) is 10.5. The molecule has 1 saturated heterocycles. The second kappa shape index (κ2) is 7.09. The van der Waals surface area contributed by atoms with Crippen LogP contribution in [0.25, 0.3) is 0 Å². The molecule has 0 aromatic rings. The molecule has 21 heavy (non-hydrogen) atoms. The number of likely N-dealkylation sites (tertiary alicyclic amines) is 1. The Labute approximate surface area is 132 Å². The van der Waals surface area contributed by atoms with Gasteiger partial charge in [-0.1, -0.05) is 0 Å². The van der Waals surface area contributed by atoms with Crippen molar-refractivity contribution in [3.63, 3.8) is 0 Å². The number of hydrogen-bond acceptors (Lipinski definition) is 4. The molecule has 0 N–H and O–H groups in total. The highest BCUT2D eigenvalue weighted by atomic mass is 28.4. The normalized spacial score (nSPS) is 23.4. The van der Waals surface area contributed by atoms with Crippen LogP contribution in [0, 0.1) is 0 Å². The average molecular weight is 318 g/mol. The standard InChI is InChI=1S/C16H35NO3Si/c1-15(2)12-14(13-16(3,4)17(15)5)20-10-9-11-21(8,18-6)19-7/h14H,9-13H2,1-8H3. The predicted molar refractivity (Wildman–Crippen MR) is 90.0 cm³/mol. The average Bonchev–Trinajstić information content (AvgIpc) is 2.40. The molecular formula is C16H35NO3Si. The zero-order chi connectivity index (χ0) is 16.3. The lowest BCUT2D eigenvalue weighted by Gasteiger charge is -2.53. The van der Waals surface area contributed by atoms with E-state index in [2.05, 4.69) is 46.2 Å². The first-order valence-electron chi connectivity index (χ1n) is 8.02. The number of piperidine rings is 1.